The standard InChI is InChI=1S/C27H38N6O2/c34-26(20-6-1-2-7-20)32-16-11-19(12-17-32)24-28-22-9-10-23(29-25(22)30-24)33-15-5-8-21(18-33)27(35)31-13-3-4-14-31/h9-10,19-21H,1-8,11-18H2,(H,28,29,30)/t21-/m1/s1. The molecule has 188 valence electrons. The highest BCUT2D eigenvalue weighted by Crippen LogP contribution is 2.32. The third kappa shape index (κ3) is 4.64. The Morgan fingerprint density at radius 1 is 0.743 bits per heavy atom. The second-order valence-corrected chi connectivity index (χ2v) is 11.1. The first kappa shape index (κ1) is 22.8. The molecule has 2 amide bonds. The lowest BCUT2D eigenvalue weighted by Gasteiger charge is -2.34. The first-order chi connectivity index (χ1) is 17.2. The van der Waals surface area contributed by atoms with Gasteiger partial charge >= 0.3 is 0 Å². The van der Waals surface area contributed by atoms with Crippen LogP contribution in [0.3, 0.4) is 0 Å². The number of H-pyrrole nitrogens is 1. The normalized spacial score (nSPS) is 24.6. The van der Waals surface area contributed by atoms with Gasteiger partial charge in [-0.3, -0.25) is 9.59 Å². The number of aromatic nitrogens is 3. The third-order valence-corrected chi connectivity index (χ3v) is 8.76. The molecule has 35 heavy (non-hydrogen) atoms. The zero-order valence-corrected chi connectivity index (χ0v) is 20.8. The fourth-order valence-corrected chi connectivity index (χ4v) is 6.66. The van der Waals surface area contributed by atoms with Crippen molar-refractivity contribution >= 4 is 28.8 Å². The van der Waals surface area contributed by atoms with Crippen LogP contribution in [-0.2, 0) is 9.59 Å². The summed E-state index contributed by atoms with van der Waals surface area (Å²) < 4.78 is 0. The first-order valence-corrected chi connectivity index (χ1v) is 13.8. The van der Waals surface area contributed by atoms with Gasteiger partial charge in [0.2, 0.25) is 11.8 Å². The summed E-state index contributed by atoms with van der Waals surface area (Å²) in [5.41, 5.74) is 1.73. The molecule has 3 aliphatic heterocycles. The van der Waals surface area contributed by atoms with Crippen molar-refractivity contribution in [2.24, 2.45) is 11.8 Å². The van der Waals surface area contributed by atoms with Crippen molar-refractivity contribution in [2.45, 2.75) is 70.1 Å². The van der Waals surface area contributed by atoms with Crippen LogP contribution >= 0.6 is 0 Å². The van der Waals surface area contributed by atoms with Crippen molar-refractivity contribution in [3.05, 3.63) is 18.0 Å². The zero-order chi connectivity index (χ0) is 23.8. The number of fused-ring (bicyclic) bond motifs is 1. The smallest absolute Gasteiger partial charge is 0.227 e. The number of carbonyl (C=O) groups excluding carboxylic acids is 2. The maximum absolute atomic E-state index is 12.9. The van der Waals surface area contributed by atoms with Gasteiger partial charge in [-0.1, -0.05) is 12.8 Å². The van der Waals surface area contributed by atoms with E-state index in [2.05, 4.69) is 31.8 Å². The number of pyridine rings is 1. The van der Waals surface area contributed by atoms with Crippen molar-refractivity contribution < 1.29 is 9.59 Å². The van der Waals surface area contributed by atoms with Crippen molar-refractivity contribution in [2.75, 3.05) is 44.2 Å². The van der Waals surface area contributed by atoms with E-state index < -0.39 is 0 Å². The molecule has 4 aliphatic rings. The lowest BCUT2D eigenvalue weighted by atomic mass is 9.94. The van der Waals surface area contributed by atoms with Gasteiger partial charge in [0.25, 0.3) is 0 Å². The minimum absolute atomic E-state index is 0.0752. The minimum atomic E-state index is 0.0752. The van der Waals surface area contributed by atoms with E-state index in [9.17, 15) is 9.59 Å². The molecule has 5 heterocycles. The molecule has 1 N–H and O–H groups in total. The van der Waals surface area contributed by atoms with Gasteiger partial charge in [-0.2, -0.15) is 0 Å². The van der Waals surface area contributed by atoms with Crippen LogP contribution in [0.2, 0.25) is 0 Å². The number of aromatic amines is 1. The van der Waals surface area contributed by atoms with Gasteiger partial charge < -0.3 is 19.7 Å². The molecule has 3 saturated heterocycles. The molecular weight excluding hydrogens is 440 g/mol. The zero-order valence-electron chi connectivity index (χ0n) is 20.8. The van der Waals surface area contributed by atoms with Crippen LogP contribution in [0.1, 0.15) is 76.0 Å². The van der Waals surface area contributed by atoms with Gasteiger partial charge in [-0.15, -0.1) is 0 Å². The quantitative estimate of drug-likeness (QED) is 0.724. The molecule has 2 aromatic heterocycles. The summed E-state index contributed by atoms with van der Waals surface area (Å²) in [6.45, 7) is 5.18. The Balaban J connectivity index is 1.10. The molecule has 8 nitrogen and oxygen atoms in total. The number of amides is 2. The molecule has 8 heteroatoms. The van der Waals surface area contributed by atoms with E-state index in [1.807, 2.05) is 0 Å². The topological polar surface area (TPSA) is 85.4 Å². The number of likely N-dealkylation sites (tertiary alicyclic amines) is 2. The average molecular weight is 479 g/mol. The van der Waals surface area contributed by atoms with Crippen LogP contribution in [-0.4, -0.2) is 75.8 Å². The molecule has 1 atom stereocenters. The predicted octanol–water partition coefficient (Wildman–Crippen LogP) is 3.69. The summed E-state index contributed by atoms with van der Waals surface area (Å²) in [6, 6.07) is 4.15. The highest BCUT2D eigenvalue weighted by Gasteiger charge is 2.33. The molecule has 0 radical (unpaired) electrons. The number of rotatable bonds is 4. The van der Waals surface area contributed by atoms with E-state index in [0.717, 1.165) is 113 Å². The number of piperidine rings is 2. The lowest BCUT2D eigenvalue weighted by molar-refractivity contribution is -0.136. The van der Waals surface area contributed by atoms with Crippen LogP contribution in [0.5, 0.6) is 0 Å². The highest BCUT2D eigenvalue weighted by molar-refractivity contribution is 5.80. The summed E-state index contributed by atoms with van der Waals surface area (Å²) in [7, 11) is 0. The maximum Gasteiger partial charge on any atom is 0.227 e. The third-order valence-electron chi connectivity index (χ3n) is 8.76. The Labute approximate surface area is 207 Å². The molecule has 1 aliphatic carbocycles. The summed E-state index contributed by atoms with van der Waals surface area (Å²) in [4.78, 5) is 45.4. The number of carbonyl (C=O) groups is 2. The SMILES string of the molecule is O=C(C1CCCC1)N1CCC(c2nc3nc(N4CCC[C@@H](C(=O)N5CCCC5)C4)ccc3[nH]2)CC1. The predicted molar refractivity (Wildman–Crippen MR) is 135 cm³/mol. The maximum atomic E-state index is 12.9. The summed E-state index contributed by atoms with van der Waals surface area (Å²) in [5, 5.41) is 0. The van der Waals surface area contributed by atoms with Gasteiger partial charge in [0.15, 0.2) is 5.65 Å². The van der Waals surface area contributed by atoms with E-state index in [4.69, 9.17) is 9.97 Å². The average Bonchev–Trinajstić information content (AvgIpc) is 3.69. The van der Waals surface area contributed by atoms with Crippen LogP contribution < -0.4 is 4.90 Å². The number of nitrogens with one attached hydrogen (secondary N) is 1. The molecule has 6 rings (SSSR count). The van der Waals surface area contributed by atoms with Gasteiger partial charge in [-0.25, -0.2) is 9.97 Å². The summed E-state index contributed by atoms with van der Waals surface area (Å²) >= 11 is 0. The van der Waals surface area contributed by atoms with Gasteiger partial charge in [0, 0.05) is 51.1 Å². The Kier molecular flexibility index (Phi) is 6.37. The molecular formula is C27H38N6O2. The second-order valence-electron chi connectivity index (χ2n) is 11.1. The van der Waals surface area contributed by atoms with E-state index in [1.54, 1.807) is 0 Å². The Morgan fingerprint density at radius 3 is 2.20 bits per heavy atom. The first-order valence-electron chi connectivity index (χ1n) is 13.8. The van der Waals surface area contributed by atoms with E-state index >= 15 is 0 Å². The molecule has 0 aromatic carbocycles. The van der Waals surface area contributed by atoms with Gasteiger partial charge in [0.05, 0.1) is 11.4 Å². The molecule has 2 aromatic rings. The van der Waals surface area contributed by atoms with Gasteiger partial charge in [0.1, 0.15) is 11.6 Å². The van der Waals surface area contributed by atoms with Gasteiger partial charge in [-0.05, 0) is 63.5 Å². The summed E-state index contributed by atoms with van der Waals surface area (Å²) in [5.74, 6) is 3.31. The van der Waals surface area contributed by atoms with Crippen molar-refractivity contribution in [1.82, 2.24) is 24.8 Å². The van der Waals surface area contributed by atoms with Crippen molar-refractivity contribution in [3.8, 4) is 0 Å². The molecule has 1 saturated carbocycles. The second kappa shape index (κ2) is 9.78. The van der Waals surface area contributed by atoms with Crippen molar-refractivity contribution in [1.29, 1.82) is 0 Å². The number of imidazole rings is 1. The number of nitrogens with zero attached hydrogens (tertiary/aromatic N) is 5. The minimum Gasteiger partial charge on any atom is -0.356 e. The lowest BCUT2D eigenvalue weighted by Crippen LogP contribution is -2.44. The monoisotopic (exact) mass is 478 g/mol. The Bertz CT molecular complexity index is 1060. The summed E-state index contributed by atoms with van der Waals surface area (Å²) in [6.07, 6.45) is 10.7. The largest absolute Gasteiger partial charge is 0.356 e. The van der Waals surface area contributed by atoms with Crippen LogP contribution in [0.4, 0.5) is 5.82 Å². The Morgan fingerprint density at radius 2 is 1.43 bits per heavy atom. The molecule has 0 spiro atoms. The Hall–Kier alpha value is -2.64. The van der Waals surface area contributed by atoms with Crippen LogP contribution in [0, 0.1) is 11.8 Å². The molecule has 0 unspecified atom stereocenters. The molecule has 4 fully saturated rings. The number of hydrogen-bond donors (Lipinski definition) is 1. The molecule has 0 bridgehead atoms. The fraction of sp³-hybridized carbons (Fsp3) is 0.704. The van der Waals surface area contributed by atoms with E-state index in [1.165, 1.54) is 12.8 Å². The number of hydrogen-bond acceptors (Lipinski definition) is 5. The van der Waals surface area contributed by atoms with E-state index in [0.29, 0.717) is 17.7 Å². The van der Waals surface area contributed by atoms with Crippen LogP contribution in [0.25, 0.3) is 11.2 Å². The fourth-order valence-electron chi connectivity index (χ4n) is 6.66. The van der Waals surface area contributed by atoms with E-state index in [-0.39, 0.29) is 11.8 Å². The number of anilines is 1. The highest BCUT2D eigenvalue weighted by atomic mass is 16.2. The van der Waals surface area contributed by atoms with Crippen LogP contribution in [0.15, 0.2) is 12.1 Å². The van der Waals surface area contributed by atoms with Crippen molar-refractivity contribution in [3.63, 3.8) is 0 Å².